The maximum atomic E-state index is 12.3. The first kappa shape index (κ1) is 15.8. The number of nitrogens with one attached hydrogen (secondary N) is 1. The average Bonchev–Trinajstić information content (AvgIpc) is 2.50. The first-order valence-electron chi connectivity index (χ1n) is 7.09. The molecule has 2 rings (SSSR count). The van der Waals surface area contributed by atoms with Gasteiger partial charge in [0.25, 0.3) is 0 Å². The summed E-state index contributed by atoms with van der Waals surface area (Å²) in [5.74, 6) is -2.33. The number of benzene rings is 1. The van der Waals surface area contributed by atoms with Crippen molar-refractivity contribution in [1.29, 1.82) is 0 Å². The Morgan fingerprint density at radius 1 is 1.23 bits per heavy atom. The van der Waals surface area contributed by atoms with E-state index in [9.17, 15) is 14.4 Å². The van der Waals surface area contributed by atoms with Crippen molar-refractivity contribution in [1.82, 2.24) is 5.32 Å². The van der Waals surface area contributed by atoms with Gasteiger partial charge < -0.3 is 15.5 Å². The highest BCUT2D eigenvalue weighted by Crippen LogP contribution is 2.26. The van der Waals surface area contributed by atoms with Crippen molar-refractivity contribution >= 4 is 23.7 Å². The number of carbonyl (C=O) groups excluding carboxylic acids is 1. The fraction of sp³-hybridized carbons (Fsp3) is 0.400. The summed E-state index contributed by atoms with van der Waals surface area (Å²) in [7, 11) is 0. The SMILES string of the molecule is O=C(O)CC[C@H](NC(=O)N1CCCc2ccccc21)C(=O)O. The van der Waals surface area contributed by atoms with E-state index in [2.05, 4.69) is 5.32 Å². The number of fused-ring (bicyclic) bond motifs is 1. The fourth-order valence-corrected chi connectivity index (χ4v) is 2.50. The molecule has 0 aromatic heterocycles. The molecule has 0 fully saturated rings. The van der Waals surface area contributed by atoms with Gasteiger partial charge in [-0.15, -0.1) is 0 Å². The van der Waals surface area contributed by atoms with Crippen LogP contribution in [0.4, 0.5) is 10.5 Å². The average molecular weight is 306 g/mol. The maximum absolute atomic E-state index is 12.3. The van der Waals surface area contributed by atoms with Crippen molar-refractivity contribution in [2.75, 3.05) is 11.4 Å². The Morgan fingerprint density at radius 2 is 1.95 bits per heavy atom. The predicted octanol–water partition coefficient (Wildman–Crippen LogP) is 1.47. The van der Waals surface area contributed by atoms with Crippen molar-refractivity contribution in [2.45, 2.75) is 31.7 Å². The second kappa shape index (κ2) is 6.93. The monoisotopic (exact) mass is 306 g/mol. The number of hydrogen-bond acceptors (Lipinski definition) is 3. The van der Waals surface area contributed by atoms with Crippen molar-refractivity contribution < 1.29 is 24.6 Å². The van der Waals surface area contributed by atoms with Crippen molar-refractivity contribution in [3.8, 4) is 0 Å². The maximum Gasteiger partial charge on any atom is 0.326 e. The number of anilines is 1. The molecule has 118 valence electrons. The first-order valence-corrected chi connectivity index (χ1v) is 7.09. The molecule has 7 nitrogen and oxygen atoms in total. The molecule has 0 spiro atoms. The van der Waals surface area contributed by atoms with Crippen LogP contribution in [0.1, 0.15) is 24.8 Å². The summed E-state index contributed by atoms with van der Waals surface area (Å²) in [5.41, 5.74) is 1.81. The van der Waals surface area contributed by atoms with Crippen LogP contribution < -0.4 is 10.2 Å². The third kappa shape index (κ3) is 3.75. The fourth-order valence-electron chi connectivity index (χ4n) is 2.50. The lowest BCUT2D eigenvalue weighted by Gasteiger charge is -2.30. The van der Waals surface area contributed by atoms with Crippen LogP contribution in [0.25, 0.3) is 0 Å². The summed E-state index contributed by atoms with van der Waals surface area (Å²) >= 11 is 0. The molecule has 0 aliphatic carbocycles. The quantitative estimate of drug-likeness (QED) is 0.763. The second-order valence-corrected chi connectivity index (χ2v) is 5.16. The van der Waals surface area contributed by atoms with Gasteiger partial charge in [0.1, 0.15) is 6.04 Å². The molecule has 1 atom stereocenters. The molecule has 1 aromatic rings. The molecule has 7 heteroatoms. The number of aryl methyl sites for hydroxylation is 1. The summed E-state index contributed by atoms with van der Waals surface area (Å²) in [4.78, 5) is 35.5. The number of amides is 2. The van der Waals surface area contributed by atoms with Gasteiger partial charge in [-0.05, 0) is 30.9 Å². The first-order chi connectivity index (χ1) is 10.5. The van der Waals surface area contributed by atoms with Crippen LogP contribution in [-0.4, -0.2) is 40.8 Å². The molecule has 3 N–H and O–H groups in total. The molecule has 1 heterocycles. The Bertz CT molecular complexity index is 587. The van der Waals surface area contributed by atoms with Gasteiger partial charge in [0.15, 0.2) is 0 Å². The van der Waals surface area contributed by atoms with E-state index in [0.717, 1.165) is 24.1 Å². The van der Waals surface area contributed by atoms with Gasteiger partial charge in [-0.2, -0.15) is 0 Å². The van der Waals surface area contributed by atoms with Gasteiger partial charge in [0.05, 0.1) is 0 Å². The molecule has 22 heavy (non-hydrogen) atoms. The Labute approximate surface area is 127 Å². The minimum atomic E-state index is -1.24. The number of para-hydroxylation sites is 1. The number of carboxylic acids is 2. The van der Waals surface area contributed by atoms with Crippen molar-refractivity contribution in [3.05, 3.63) is 29.8 Å². The number of nitrogens with zero attached hydrogens (tertiary/aromatic N) is 1. The van der Waals surface area contributed by atoms with Crippen LogP contribution >= 0.6 is 0 Å². The molecule has 0 unspecified atom stereocenters. The normalized spacial score (nSPS) is 14.8. The molecule has 2 amide bonds. The smallest absolute Gasteiger partial charge is 0.326 e. The van der Waals surface area contributed by atoms with E-state index in [0.29, 0.717) is 6.54 Å². The molecule has 0 bridgehead atoms. The number of urea groups is 1. The standard InChI is InChI=1S/C15H18N2O5/c18-13(19)8-7-11(14(20)21)16-15(22)17-9-3-5-10-4-1-2-6-12(10)17/h1-2,4,6,11H,3,5,7-9H2,(H,16,22)(H,18,19)(H,20,21)/t11-/m0/s1. The highest BCUT2D eigenvalue weighted by atomic mass is 16.4. The summed E-state index contributed by atoms with van der Waals surface area (Å²) in [6.45, 7) is 0.508. The third-order valence-electron chi connectivity index (χ3n) is 3.60. The zero-order chi connectivity index (χ0) is 16.1. The van der Waals surface area contributed by atoms with Crippen LogP contribution in [-0.2, 0) is 16.0 Å². The van der Waals surface area contributed by atoms with Crippen LogP contribution in [0.5, 0.6) is 0 Å². The Hall–Kier alpha value is -2.57. The zero-order valence-electron chi connectivity index (χ0n) is 12.0. The predicted molar refractivity (Wildman–Crippen MR) is 78.9 cm³/mol. The van der Waals surface area contributed by atoms with Gasteiger partial charge in [0.2, 0.25) is 0 Å². The number of carboxylic acid groups (broad SMARTS) is 2. The van der Waals surface area contributed by atoms with Crippen molar-refractivity contribution in [3.63, 3.8) is 0 Å². The molecule has 1 aliphatic rings. The topological polar surface area (TPSA) is 107 Å². The lowest BCUT2D eigenvalue weighted by atomic mass is 10.0. The van der Waals surface area contributed by atoms with Crippen LogP contribution in [0.15, 0.2) is 24.3 Å². The van der Waals surface area contributed by atoms with Crippen LogP contribution in [0, 0.1) is 0 Å². The second-order valence-electron chi connectivity index (χ2n) is 5.16. The summed E-state index contributed by atoms with van der Waals surface area (Å²) in [6, 6.07) is 5.76. The van der Waals surface area contributed by atoms with Crippen molar-refractivity contribution in [2.24, 2.45) is 0 Å². The highest BCUT2D eigenvalue weighted by Gasteiger charge is 2.27. The molecule has 0 radical (unpaired) electrons. The zero-order valence-corrected chi connectivity index (χ0v) is 12.0. The van der Waals surface area contributed by atoms with E-state index in [-0.39, 0.29) is 12.8 Å². The minimum Gasteiger partial charge on any atom is -0.481 e. The van der Waals surface area contributed by atoms with E-state index in [1.54, 1.807) is 0 Å². The van der Waals surface area contributed by atoms with Crippen LogP contribution in [0.2, 0.25) is 0 Å². The van der Waals surface area contributed by atoms with Gasteiger partial charge >= 0.3 is 18.0 Å². The molecular formula is C15H18N2O5. The number of carbonyl (C=O) groups is 3. The molecule has 1 aromatic carbocycles. The van der Waals surface area contributed by atoms with E-state index in [1.807, 2.05) is 24.3 Å². The van der Waals surface area contributed by atoms with Gasteiger partial charge in [0, 0.05) is 18.7 Å². The van der Waals surface area contributed by atoms with Gasteiger partial charge in [-0.3, -0.25) is 9.69 Å². The Kier molecular flexibility index (Phi) is 4.98. The van der Waals surface area contributed by atoms with E-state index >= 15 is 0 Å². The van der Waals surface area contributed by atoms with E-state index in [4.69, 9.17) is 10.2 Å². The Balaban J connectivity index is 2.08. The molecule has 0 saturated heterocycles. The number of aliphatic carboxylic acids is 2. The summed E-state index contributed by atoms with van der Waals surface area (Å²) in [6.07, 6.45) is 1.22. The van der Waals surface area contributed by atoms with Gasteiger partial charge in [-0.25, -0.2) is 9.59 Å². The third-order valence-corrected chi connectivity index (χ3v) is 3.60. The van der Waals surface area contributed by atoms with Gasteiger partial charge in [-0.1, -0.05) is 18.2 Å². The Morgan fingerprint density at radius 3 is 2.64 bits per heavy atom. The van der Waals surface area contributed by atoms with Crippen LogP contribution in [0.3, 0.4) is 0 Å². The van der Waals surface area contributed by atoms with E-state index in [1.165, 1.54) is 4.90 Å². The molecular weight excluding hydrogens is 288 g/mol. The summed E-state index contributed by atoms with van der Waals surface area (Å²) in [5, 5.41) is 20.2. The minimum absolute atomic E-state index is 0.147. The van der Waals surface area contributed by atoms with E-state index < -0.39 is 24.0 Å². The lowest BCUT2D eigenvalue weighted by Crippen LogP contribution is -2.49. The largest absolute Gasteiger partial charge is 0.481 e. The summed E-state index contributed by atoms with van der Waals surface area (Å²) < 4.78 is 0. The highest BCUT2D eigenvalue weighted by molar-refractivity contribution is 5.95. The molecule has 1 aliphatic heterocycles. The molecule has 0 saturated carbocycles. The number of hydrogen-bond donors (Lipinski definition) is 3. The lowest BCUT2D eigenvalue weighted by molar-refractivity contribution is -0.140. The number of rotatable bonds is 5.